The Labute approximate surface area is 144 Å². The zero-order valence-electron chi connectivity index (χ0n) is 13.4. The Kier molecular flexibility index (Phi) is 3.90. The number of carbonyl (C=O) groups excluding carboxylic acids is 1. The minimum Gasteiger partial charge on any atom is -0.325 e. The summed E-state index contributed by atoms with van der Waals surface area (Å²) in [5, 5.41) is 2.80. The van der Waals surface area contributed by atoms with Crippen molar-refractivity contribution in [2.45, 2.75) is 6.42 Å². The van der Waals surface area contributed by atoms with Crippen molar-refractivity contribution in [1.82, 2.24) is 4.98 Å². The Morgan fingerprint density at radius 3 is 2.68 bits per heavy atom. The Bertz CT molecular complexity index is 924. The van der Waals surface area contributed by atoms with Crippen molar-refractivity contribution in [2.75, 3.05) is 16.8 Å². The van der Waals surface area contributed by atoms with Crippen LogP contribution < -0.4 is 10.2 Å². The van der Waals surface area contributed by atoms with Gasteiger partial charge in [-0.2, -0.15) is 0 Å². The van der Waals surface area contributed by atoms with E-state index in [2.05, 4.69) is 21.3 Å². The second-order valence-corrected chi connectivity index (χ2v) is 5.87. The minimum atomic E-state index is -0.339. The lowest BCUT2D eigenvalue weighted by Crippen LogP contribution is -2.21. The van der Waals surface area contributed by atoms with Gasteiger partial charge in [-0.05, 0) is 54.4 Å². The molecule has 0 bridgehead atoms. The second-order valence-electron chi connectivity index (χ2n) is 5.87. The molecule has 2 heterocycles. The van der Waals surface area contributed by atoms with Gasteiger partial charge in [-0.15, -0.1) is 0 Å². The number of para-hydroxylation sites is 1. The molecule has 5 heteroatoms. The maximum atomic E-state index is 13.0. The summed E-state index contributed by atoms with van der Waals surface area (Å²) < 4.78 is 13.0. The van der Waals surface area contributed by atoms with Crippen LogP contribution in [0, 0.1) is 5.82 Å². The van der Waals surface area contributed by atoms with Crippen LogP contribution in [-0.2, 0) is 6.42 Å². The maximum Gasteiger partial charge on any atom is 0.259 e. The fourth-order valence-electron chi connectivity index (χ4n) is 3.08. The Hall–Kier alpha value is -3.21. The zero-order chi connectivity index (χ0) is 17.2. The van der Waals surface area contributed by atoms with Crippen LogP contribution in [-0.4, -0.2) is 17.4 Å². The SMILES string of the molecule is O=C(Nc1ccc(F)cc1)c1cccnc1N1CCc2ccccc21. The lowest BCUT2D eigenvalue weighted by Gasteiger charge is -2.21. The molecule has 124 valence electrons. The van der Waals surface area contributed by atoms with Crippen molar-refractivity contribution in [3.63, 3.8) is 0 Å². The number of nitrogens with one attached hydrogen (secondary N) is 1. The fraction of sp³-hybridized carbons (Fsp3) is 0.100. The number of hydrogen-bond acceptors (Lipinski definition) is 3. The molecule has 1 aliphatic rings. The van der Waals surface area contributed by atoms with Crippen LogP contribution in [0.3, 0.4) is 0 Å². The summed E-state index contributed by atoms with van der Waals surface area (Å²) in [7, 11) is 0. The molecule has 0 unspecified atom stereocenters. The van der Waals surface area contributed by atoms with Gasteiger partial charge in [0, 0.05) is 24.1 Å². The highest BCUT2D eigenvalue weighted by Crippen LogP contribution is 2.34. The predicted octanol–water partition coefficient (Wildman–Crippen LogP) is 4.17. The number of benzene rings is 2. The molecule has 25 heavy (non-hydrogen) atoms. The molecule has 4 nitrogen and oxygen atoms in total. The first-order valence-electron chi connectivity index (χ1n) is 8.10. The van der Waals surface area contributed by atoms with Crippen LogP contribution in [0.4, 0.5) is 21.6 Å². The number of pyridine rings is 1. The molecule has 0 atom stereocenters. The molecule has 0 saturated carbocycles. The van der Waals surface area contributed by atoms with Gasteiger partial charge in [0.1, 0.15) is 11.6 Å². The molecular formula is C20H16FN3O. The molecule has 0 fully saturated rings. The van der Waals surface area contributed by atoms with E-state index >= 15 is 0 Å². The summed E-state index contributed by atoms with van der Waals surface area (Å²) in [6.07, 6.45) is 2.61. The van der Waals surface area contributed by atoms with Gasteiger partial charge in [0.2, 0.25) is 0 Å². The molecule has 1 N–H and O–H groups in total. The number of amides is 1. The van der Waals surface area contributed by atoms with Gasteiger partial charge in [-0.3, -0.25) is 4.79 Å². The zero-order valence-corrected chi connectivity index (χ0v) is 13.4. The molecule has 1 aromatic heterocycles. The topological polar surface area (TPSA) is 45.2 Å². The van der Waals surface area contributed by atoms with Gasteiger partial charge in [0.15, 0.2) is 0 Å². The van der Waals surface area contributed by atoms with Crippen molar-refractivity contribution in [3.05, 3.63) is 83.8 Å². The Balaban J connectivity index is 1.66. The van der Waals surface area contributed by atoms with E-state index in [0.29, 0.717) is 17.1 Å². The number of hydrogen-bond donors (Lipinski definition) is 1. The van der Waals surface area contributed by atoms with Gasteiger partial charge in [0.05, 0.1) is 5.56 Å². The van der Waals surface area contributed by atoms with E-state index < -0.39 is 0 Å². The predicted molar refractivity (Wildman–Crippen MR) is 95.7 cm³/mol. The summed E-state index contributed by atoms with van der Waals surface area (Å²) in [5.74, 6) is 0.0277. The standard InChI is InChI=1S/C20H16FN3O/c21-15-7-9-16(10-8-15)23-20(25)17-5-3-12-22-19(17)24-13-11-14-4-1-2-6-18(14)24/h1-10,12H,11,13H2,(H,23,25). The molecule has 3 aromatic rings. The van der Waals surface area contributed by atoms with E-state index in [9.17, 15) is 9.18 Å². The highest BCUT2D eigenvalue weighted by molar-refractivity contribution is 6.08. The van der Waals surface area contributed by atoms with Crippen LogP contribution in [0.1, 0.15) is 15.9 Å². The van der Waals surface area contributed by atoms with Gasteiger partial charge in [-0.1, -0.05) is 18.2 Å². The number of rotatable bonds is 3. The summed E-state index contributed by atoms with van der Waals surface area (Å²) in [6.45, 7) is 0.785. The molecule has 0 spiro atoms. The van der Waals surface area contributed by atoms with Gasteiger partial charge in [0.25, 0.3) is 5.91 Å². The van der Waals surface area contributed by atoms with Crippen molar-refractivity contribution in [1.29, 1.82) is 0 Å². The summed E-state index contributed by atoms with van der Waals surface area (Å²) in [4.78, 5) is 19.2. The number of fused-ring (bicyclic) bond motifs is 1. The third kappa shape index (κ3) is 2.96. The Morgan fingerprint density at radius 1 is 1.04 bits per heavy atom. The minimum absolute atomic E-state index is 0.265. The quantitative estimate of drug-likeness (QED) is 0.782. The third-order valence-electron chi connectivity index (χ3n) is 4.28. The summed E-state index contributed by atoms with van der Waals surface area (Å²) >= 11 is 0. The molecular weight excluding hydrogens is 317 g/mol. The van der Waals surface area contributed by atoms with E-state index in [0.717, 1.165) is 18.7 Å². The molecule has 0 radical (unpaired) electrons. The van der Waals surface area contributed by atoms with E-state index in [-0.39, 0.29) is 11.7 Å². The van der Waals surface area contributed by atoms with E-state index in [1.54, 1.807) is 18.3 Å². The van der Waals surface area contributed by atoms with Crippen LogP contribution in [0.15, 0.2) is 66.9 Å². The summed E-state index contributed by atoms with van der Waals surface area (Å²) in [5.41, 5.74) is 3.36. The van der Waals surface area contributed by atoms with Crippen LogP contribution in [0.2, 0.25) is 0 Å². The van der Waals surface area contributed by atoms with Crippen LogP contribution in [0.25, 0.3) is 0 Å². The van der Waals surface area contributed by atoms with Gasteiger partial charge >= 0.3 is 0 Å². The van der Waals surface area contributed by atoms with Crippen LogP contribution in [0.5, 0.6) is 0 Å². The van der Waals surface area contributed by atoms with E-state index in [1.165, 1.54) is 29.8 Å². The lowest BCUT2D eigenvalue weighted by molar-refractivity contribution is 0.102. The van der Waals surface area contributed by atoms with Gasteiger partial charge in [-0.25, -0.2) is 9.37 Å². The first-order chi connectivity index (χ1) is 12.2. The van der Waals surface area contributed by atoms with Crippen LogP contribution >= 0.6 is 0 Å². The monoisotopic (exact) mass is 333 g/mol. The molecule has 0 saturated heterocycles. The fourth-order valence-corrected chi connectivity index (χ4v) is 3.08. The molecule has 0 aliphatic carbocycles. The second kappa shape index (κ2) is 6.36. The molecule has 2 aromatic carbocycles. The van der Waals surface area contributed by atoms with Gasteiger partial charge < -0.3 is 10.2 Å². The molecule has 1 amide bonds. The highest BCUT2D eigenvalue weighted by Gasteiger charge is 2.25. The van der Waals surface area contributed by atoms with Crippen molar-refractivity contribution in [3.8, 4) is 0 Å². The number of halogens is 1. The highest BCUT2D eigenvalue weighted by atomic mass is 19.1. The lowest BCUT2D eigenvalue weighted by atomic mass is 10.1. The maximum absolute atomic E-state index is 13.0. The Morgan fingerprint density at radius 2 is 1.84 bits per heavy atom. The average molecular weight is 333 g/mol. The largest absolute Gasteiger partial charge is 0.325 e. The normalized spacial score (nSPS) is 12.8. The number of nitrogens with zero attached hydrogens (tertiary/aromatic N) is 2. The van der Waals surface area contributed by atoms with E-state index in [4.69, 9.17) is 0 Å². The first-order valence-corrected chi connectivity index (χ1v) is 8.10. The van der Waals surface area contributed by atoms with E-state index in [1.807, 2.05) is 18.2 Å². The van der Waals surface area contributed by atoms with Crippen molar-refractivity contribution >= 4 is 23.1 Å². The van der Waals surface area contributed by atoms with Crippen molar-refractivity contribution in [2.24, 2.45) is 0 Å². The summed E-state index contributed by atoms with van der Waals surface area (Å²) in [6, 6.07) is 17.3. The molecule has 1 aliphatic heterocycles. The number of aromatic nitrogens is 1. The third-order valence-corrected chi connectivity index (χ3v) is 4.28. The molecule has 4 rings (SSSR count). The smallest absolute Gasteiger partial charge is 0.259 e. The number of carbonyl (C=O) groups is 1. The average Bonchev–Trinajstić information content (AvgIpc) is 3.07. The van der Waals surface area contributed by atoms with Crippen molar-refractivity contribution < 1.29 is 9.18 Å². The number of anilines is 3. The first kappa shape index (κ1) is 15.3.